The second-order valence-corrected chi connectivity index (χ2v) is 7.01. The minimum Gasteiger partial charge on any atom is -0.337 e. The van der Waals surface area contributed by atoms with Gasteiger partial charge in [-0.3, -0.25) is 4.79 Å². The van der Waals surface area contributed by atoms with Gasteiger partial charge >= 0.3 is 0 Å². The maximum Gasteiger partial charge on any atom is 0.253 e. The molecule has 0 N–H and O–H groups in total. The van der Waals surface area contributed by atoms with E-state index in [1.807, 2.05) is 6.07 Å². The Hall–Kier alpha value is -1.87. The number of nitriles is 1. The van der Waals surface area contributed by atoms with Crippen molar-refractivity contribution < 1.29 is 13.2 Å². The van der Waals surface area contributed by atoms with Crippen LogP contribution in [-0.4, -0.2) is 43.8 Å². The first-order valence-electron chi connectivity index (χ1n) is 5.90. The van der Waals surface area contributed by atoms with Gasteiger partial charge in [0.1, 0.15) is 0 Å². The molecule has 0 aromatic heterocycles. The van der Waals surface area contributed by atoms with E-state index in [0.29, 0.717) is 24.1 Å². The van der Waals surface area contributed by atoms with Gasteiger partial charge in [0.25, 0.3) is 5.91 Å². The molecular formula is C13H14N2O3S. The van der Waals surface area contributed by atoms with Crippen molar-refractivity contribution in [2.45, 2.75) is 11.7 Å². The molecule has 1 fully saturated rings. The fourth-order valence-electron chi connectivity index (χ4n) is 2.17. The lowest BCUT2D eigenvalue weighted by atomic mass is 10.1. The number of rotatable bonds is 2. The van der Waals surface area contributed by atoms with E-state index in [1.54, 1.807) is 18.2 Å². The Labute approximate surface area is 112 Å². The molecule has 100 valence electrons. The van der Waals surface area contributed by atoms with Crippen LogP contribution in [0.4, 0.5) is 0 Å². The van der Waals surface area contributed by atoms with Crippen molar-refractivity contribution in [2.24, 2.45) is 0 Å². The van der Waals surface area contributed by atoms with Gasteiger partial charge in [0.05, 0.1) is 16.9 Å². The van der Waals surface area contributed by atoms with Gasteiger partial charge in [0.2, 0.25) is 0 Å². The highest BCUT2D eigenvalue weighted by Gasteiger charge is 2.32. The molecule has 1 saturated heterocycles. The fourth-order valence-corrected chi connectivity index (χ4v) is 3.15. The van der Waals surface area contributed by atoms with Gasteiger partial charge < -0.3 is 4.90 Å². The third kappa shape index (κ3) is 2.93. The van der Waals surface area contributed by atoms with Crippen LogP contribution >= 0.6 is 0 Å². The summed E-state index contributed by atoms with van der Waals surface area (Å²) in [4.78, 5) is 13.7. The first-order chi connectivity index (χ1) is 8.91. The summed E-state index contributed by atoms with van der Waals surface area (Å²) in [6.07, 6.45) is 1.67. The SMILES string of the molecule is CS(=O)(=O)[C@@H]1CCN(C(=O)c2cccc(C#N)c2)C1. The van der Waals surface area contributed by atoms with Crippen molar-refractivity contribution in [3.63, 3.8) is 0 Å². The summed E-state index contributed by atoms with van der Waals surface area (Å²) < 4.78 is 22.9. The van der Waals surface area contributed by atoms with Crippen molar-refractivity contribution in [3.05, 3.63) is 35.4 Å². The Kier molecular flexibility index (Phi) is 3.58. The normalized spacial score (nSPS) is 19.2. The number of carbonyl (C=O) groups is 1. The molecule has 0 aliphatic carbocycles. The van der Waals surface area contributed by atoms with E-state index >= 15 is 0 Å². The summed E-state index contributed by atoms with van der Waals surface area (Å²) in [7, 11) is -3.11. The molecule has 1 aliphatic rings. The zero-order valence-electron chi connectivity index (χ0n) is 10.5. The van der Waals surface area contributed by atoms with Gasteiger partial charge in [-0.1, -0.05) is 6.07 Å². The minimum absolute atomic E-state index is 0.219. The number of amides is 1. The highest BCUT2D eigenvalue weighted by atomic mass is 32.2. The molecule has 5 nitrogen and oxygen atoms in total. The van der Waals surface area contributed by atoms with Gasteiger partial charge in [-0.05, 0) is 24.6 Å². The molecule has 0 saturated carbocycles. The summed E-state index contributed by atoms with van der Waals surface area (Å²) >= 11 is 0. The molecule has 6 heteroatoms. The van der Waals surface area contributed by atoms with Crippen molar-refractivity contribution in [1.29, 1.82) is 5.26 Å². The molecular weight excluding hydrogens is 264 g/mol. The van der Waals surface area contributed by atoms with Gasteiger partial charge in [-0.15, -0.1) is 0 Å². The summed E-state index contributed by atoms with van der Waals surface area (Å²) in [5.41, 5.74) is 0.845. The predicted molar refractivity (Wildman–Crippen MR) is 70.3 cm³/mol. The highest BCUT2D eigenvalue weighted by molar-refractivity contribution is 7.91. The van der Waals surface area contributed by atoms with Crippen molar-refractivity contribution in [3.8, 4) is 6.07 Å². The standard InChI is InChI=1S/C13H14N2O3S/c1-19(17,18)12-5-6-15(9-12)13(16)11-4-2-3-10(7-11)8-14/h2-4,7,12H,5-6,9H2,1H3/t12-/m1/s1. The number of carbonyl (C=O) groups excluding carboxylic acids is 1. The Balaban J connectivity index is 2.16. The number of hydrogen-bond donors (Lipinski definition) is 0. The van der Waals surface area contributed by atoms with Gasteiger partial charge in [-0.2, -0.15) is 5.26 Å². The lowest BCUT2D eigenvalue weighted by molar-refractivity contribution is 0.0793. The van der Waals surface area contributed by atoms with Crippen LogP contribution in [0.1, 0.15) is 22.3 Å². The second-order valence-electron chi connectivity index (χ2n) is 4.68. The molecule has 19 heavy (non-hydrogen) atoms. The molecule has 0 unspecified atom stereocenters. The minimum atomic E-state index is -3.11. The summed E-state index contributed by atoms with van der Waals surface area (Å²) in [6.45, 7) is 0.668. The molecule has 0 spiro atoms. The molecule has 1 aliphatic heterocycles. The average molecular weight is 278 g/mol. The number of nitrogens with zero attached hydrogens (tertiary/aromatic N) is 2. The van der Waals surface area contributed by atoms with Crippen LogP contribution in [0.5, 0.6) is 0 Å². The maximum absolute atomic E-state index is 12.2. The van der Waals surface area contributed by atoms with Gasteiger partial charge in [0, 0.05) is 24.9 Å². The third-order valence-electron chi connectivity index (χ3n) is 3.28. The number of sulfone groups is 1. The Morgan fingerprint density at radius 1 is 1.47 bits per heavy atom. The molecule has 1 aromatic carbocycles. The van der Waals surface area contributed by atoms with E-state index < -0.39 is 15.1 Å². The first kappa shape index (κ1) is 13.6. The number of likely N-dealkylation sites (tertiary alicyclic amines) is 1. The quantitative estimate of drug-likeness (QED) is 0.802. The van der Waals surface area contributed by atoms with Gasteiger partial charge in [-0.25, -0.2) is 8.42 Å². The zero-order chi connectivity index (χ0) is 14.0. The van der Waals surface area contributed by atoms with Crippen LogP contribution < -0.4 is 0 Å². The summed E-state index contributed by atoms with van der Waals surface area (Å²) in [5.74, 6) is -0.219. The van der Waals surface area contributed by atoms with Crippen LogP contribution in [0, 0.1) is 11.3 Å². The summed E-state index contributed by atoms with van der Waals surface area (Å²) in [5, 5.41) is 8.33. The molecule has 0 radical (unpaired) electrons. The zero-order valence-corrected chi connectivity index (χ0v) is 11.4. The molecule has 1 atom stereocenters. The molecule has 1 aromatic rings. The van der Waals surface area contributed by atoms with E-state index in [1.165, 1.54) is 17.2 Å². The molecule has 1 amide bonds. The van der Waals surface area contributed by atoms with Crippen LogP contribution in [0.25, 0.3) is 0 Å². The van der Waals surface area contributed by atoms with E-state index in [-0.39, 0.29) is 12.5 Å². The molecule has 2 rings (SSSR count). The number of hydrogen-bond acceptors (Lipinski definition) is 4. The largest absolute Gasteiger partial charge is 0.337 e. The van der Waals surface area contributed by atoms with E-state index in [0.717, 1.165) is 0 Å². The lowest BCUT2D eigenvalue weighted by Crippen LogP contribution is -2.31. The Morgan fingerprint density at radius 3 is 2.79 bits per heavy atom. The Morgan fingerprint density at radius 2 is 2.21 bits per heavy atom. The maximum atomic E-state index is 12.2. The highest BCUT2D eigenvalue weighted by Crippen LogP contribution is 2.19. The fraction of sp³-hybridized carbons (Fsp3) is 0.385. The average Bonchev–Trinajstić information content (AvgIpc) is 2.87. The van der Waals surface area contributed by atoms with E-state index in [4.69, 9.17) is 5.26 Å². The van der Waals surface area contributed by atoms with Gasteiger partial charge in [0.15, 0.2) is 9.84 Å². The van der Waals surface area contributed by atoms with Crippen molar-refractivity contribution in [2.75, 3.05) is 19.3 Å². The van der Waals surface area contributed by atoms with Crippen LogP contribution in [-0.2, 0) is 9.84 Å². The van der Waals surface area contributed by atoms with Crippen molar-refractivity contribution in [1.82, 2.24) is 4.90 Å². The topological polar surface area (TPSA) is 78.2 Å². The van der Waals surface area contributed by atoms with Crippen molar-refractivity contribution >= 4 is 15.7 Å². The monoisotopic (exact) mass is 278 g/mol. The van der Waals surface area contributed by atoms with Crippen LogP contribution in [0.15, 0.2) is 24.3 Å². The lowest BCUT2D eigenvalue weighted by Gasteiger charge is -2.16. The van der Waals surface area contributed by atoms with Crippen LogP contribution in [0.3, 0.4) is 0 Å². The third-order valence-corrected chi connectivity index (χ3v) is 4.87. The van der Waals surface area contributed by atoms with E-state index in [2.05, 4.69) is 0 Å². The first-order valence-corrected chi connectivity index (χ1v) is 7.85. The molecule has 1 heterocycles. The Bertz CT molecular complexity index is 646. The van der Waals surface area contributed by atoms with E-state index in [9.17, 15) is 13.2 Å². The number of benzene rings is 1. The molecule has 0 bridgehead atoms. The van der Waals surface area contributed by atoms with Crippen LogP contribution in [0.2, 0.25) is 0 Å². The smallest absolute Gasteiger partial charge is 0.253 e. The second kappa shape index (κ2) is 5.02. The summed E-state index contributed by atoms with van der Waals surface area (Å²) in [6, 6.07) is 8.41. The predicted octanol–water partition coefficient (Wildman–Crippen LogP) is 0.817.